The summed E-state index contributed by atoms with van der Waals surface area (Å²) in [5, 5.41) is 13.7. The lowest BCUT2D eigenvalue weighted by Crippen LogP contribution is -2.40. The van der Waals surface area contributed by atoms with Crippen molar-refractivity contribution in [3.8, 4) is 0 Å². The molecule has 1 aliphatic rings. The second-order valence-electron chi connectivity index (χ2n) is 5.73. The molecular formula is C15H16ClF3N2O3. The molecule has 1 aromatic rings. The number of rotatable bonds is 6. The molecule has 5 nitrogen and oxygen atoms in total. The van der Waals surface area contributed by atoms with Gasteiger partial charge in [0.15, 0.2) is 0 Å². The van der Waals surface area contributed by atoms with Gasteiger partial charge in [0.25, 0.3) is 0 Å². The van der Waals surface area contributed by atoms with Gasteiger partial charge in [0.1, 0.15) is 0 Å². The van der Waals surface area contributed by atoms with Gasteiger partial charge in [-0.05, 0) is 36.6 Å². The van der Waals surface area contributed by atoms with Crippen LogP contribution in [0.1, 0.15) is 30.4 Å². The van der Waals surface area contributed by atoms with Gasteiger partial charge in [0, 0.05) is 23.5 Å². The van der Waals surface area contributed by atoms with Crippen LogP contribution in [0.5, 0.6) is 0 Å². The quantitative estimate of drug-likeness (QED) is 0.725. The fraction of sp³-hybridized carbons (Fsp3) is 0.467. The Kier molecular flexibility index (Phi) is 5.27. The molecule has 0 aliphatic heterocycles. The molecule has 0 spiro atoms. The van der Waals surface area contributed by atoms with Crippen LogP contribution in [-0.4, -0.2) is 30.2 Å². The van der Waals surface area contributed by atoms with Gasteiger partial charge in [-0.25, -0.2) is 4.79 Å². The molecule has 0 saturated heterocycles. The predicted molar refractivity (Wildman–Crippen MR) is 81.0 cm³/mol. The third-order valence-electron chi connectivity index (χ3n) is 3.93. The molecule has 0 aromatic heterocycles. The minimum absolute atomic E-state index is 0.0293. The second-order valence-corrected chi connectivity index (χ2v) is 6.13. The highest BCUT2D eigenvalue weighted by Crippen LogP contribution is 2.51. The minimum Gasteiger partial charge on any atom is -0.481 e. The largest absolute Gasteiger partial charge is 0.481 e. The fourth-order valence-electron chi connectivity index (χ4n) is 2.40. The topological polar surface area (TPSA) is 78.4 Å². The van der Waals surface area contributed by atoms with E-state index in [0.717, 1.165) is 12.1 Å². The summed E-state index contributed by atoms with van der Waals surface area (Å²) in [6, 6.07) is 2.60. The minimum atomic E-state index is -4.46. The van der Waals surface area contributed by atoms with E-state index in [1.165, 1.54) is 6.07 Å². The molecule has 24 heavy (non-hydrogen) atoms. The monoisotopic (exact) mass is 364 g/mol. The summed E-state index contributed by atoms with van der Waals surface area (Å²) < 4.78 is 38.6. The zero-order chi connectivity index (χ0) is 18.0. The number of carboxylic acids is 1. The van der Waals surface area contributed by atoms with Gasteiger partial charge in [-0.15, -0.1) is 0 Å². The van der Waals surface area contributed by atoms with Crippen molar-refractivity contribution >= 4 is 23.6 Å². The number of halogens is 4. The van der Waals surface area contributed by atoms with E-state index >= 15 is 0 Å². The van der Waals surface area contributed by atoms with Gasteiger partial charge in [-0.1, -0.05) is 11.6 Å². The van der Waals surface area contributed by atoms with E-state index in [4.69, 9.17) is 16.7 Å². The summed E-state index contributed by atoms with van der Waals surface area (Å²) in [7, 11) is 0. The number of carbonyl (C=O) groups is 2. The molecule has 1 fully saturated rings. The van der Waals surface area contributed by atoms with Gasteiger partial charge in [-0.3, -0.25) is 4.79 Å². The number of amides is 2. The Balaban J connectivity index is 2.01. The molecule has 1 aliphatic carbocycles. The first-order chi connectivity index (χ1) is 11.1. The maximum atomic E-state index is 12.9. The highest BCUT2D eigenvalue weighted by atomic mass is 35.5. The van der Waals surface area contributed by atoms with Crippen LogP contribution in [0.3, 0.4) is 0 Å². The van der Waals surface area contributed by atoms with Crippen molar-refractivity contribution in [2.45, 2.75) is 30.9 Å². The SMILES string of the molecule is O=C(O)CCNC(=O)NCC1(c2cc(C(F)(F)F)ccc2Cl)CC1. The van der Waals surface area contributed by atoms with E-state index in [2.05, 4.69) is 10.6 Å². The summed E-state index contributed by atoms with van der Waals surface area (Å²) in [5.41, 5.74) is -1.02. The number of aliphatic carboxylic acids is 1. The average Bonchev–Trinajstić information content (AvgIpc) is 3.25. The first-order valence-electron chi connectivity index (χ1n) is 7.25. The first-order valence-corrected chi connectivity index (χ1v) is 7.63. The molecule has 0 unspecified atom stereocenters. The summed E-state index contributed by atoms with van der Waals surface area (Å²) in [6.07, 6.45) is -3.44. The lowest BCUT2D eigenvalue weighted by molar-refractivity contribution is -0.138. The van der Waals surface area contributed by atoms with E-state index in [9.17, 15) is 22.8 Å². The van der Waals surface area contributed by atoms with Crippen LogP contribution in [0.15, 0.2) is 18.2 Å². The van der Waals surface area contributed by atoms with E-state index in [1.807, 2.05) is 0 Å². The van der Waals surface area contributed by atoms with Crippen molar-refractivity contribution in [1.82, 2.24) is 10.6 Å². The average molecular weight is 365 g/mol. The Morgan fingerprint density at radius 3 is 2.46 bits per heavy atom. The molecule has 0 radical (unpaired) electrons. The third kappa shape index (κ3) is 4.53. The summed E-state index contributed by atoms with van der Waals surface area (Å²) in [5.74, 6) is -1.04. The molecular weight excluding hydrogens is 349 g/mol. The van der Waals surface area contributed by atoms with Crippen LogP contribution in [0.2, 0.25) is 5.02 Å². The molecule has 0 heterocycles. The van der Waals surface area contributed by atoms with Gasteiger partial charge >= 0.3 is 18.2 Å². The van der Waals surface area contributed by atoms with Crippen molar-refractivity contribution in [2.24, 2.45) is 0 Å². The molecule has 1 aromatic carbocycles. The molecule has 132 valence electrons. The Bertz CT molecular complexity index is 645. The second kappa shape index (κ2) is 6.88. The lowest BCUT2D eigenvalue weighted by atomic mass is 9.94. The molecule has 1 saturated carbocycles. The number of hydrogen-bond donors (Lipinski definition) is 3. The van der Waals surface area contributed by atoms with Crippen LogP contribution in [-0.2, 0) is 16.4 Å². The molecule has 2 amide bonds. The molecule has 9 heteroatoms. The normalized spacial score (nSPS) is 15.7. The Morgan fingerprint density at radius 2 is 1.92 bits per heavy atom. The molecule has 0 atom stereocenters. The lowest BCUT2D eigenvalue weighted by Gasteiger charge is -2.20. The third-order valence-corrected chi connectivity index (χ3v) is 4.26. The van der Waals surface area contributed by atoms with Gasteiger partial charge in [0.05, 0.1) is 12.0 Å². The summed E-state index contributed by atoms with van der Waals surface area (Å²) >= 11 is 6.04. The van der Waals surface area contributed by atoms with Crippen LogP contribution in [0.25, 0.3) is 0 Å². The number of carboxylic acid groups (broad SMARTS) is 1. The van der Waals surface area contributed by atoms with Crippen molar-refractivity contribution in [3.63, 3.8) is 0 Å². The highest BCUT2D eigenvalue weighted by molar-refractivity contribution is 6.31. The molecule has 3 N–H and O–H groups in total. The zero-order valence-electron chi connectivity index (χ0n) is 12.5. The summed E-state index contributed by atoms with van der Waals surface area (Å²) in [6.45, 7) is 0.103. The Morgan fingerprint density at radius 1 is 1.25 bits per heavy atom. The van der Waals surface area contributed by atoms with Crippen molar-refractivity contribution in [1.29, 1.82) is 0 Å². The zero-order valence-corrected chi connectivity index (χ0v) is 13.3. The smallest absolute Gasteiger partial charge is 0.416 e. The fourth-order valence-corrected chi connectivity index (χ4v) is 2.71. The van der Waals surface area contributed by atoms with Gasteiger partial charge in [-0.2, -0.15) is 13.2 Å². The van der Waals surface area contributed by atoms with E-state index in [0.29, 0.717) is 18.4 Å². The van der Waals surface area contributed by atoms with Crippen molar-refractivity contribution in [3.05, 3.63) is 34.3 Å². The van der Waals surface area contributed by atoms with Gasteiger partial charge in [0.2, 0.25) is 0 Å². The Hall–Kier alpha value is -1.96. The number of nitrogens with one attached hydrogen (secondary N) is 2. The number of hydrogen-bond acceptors (Lipinski definition) is 2. The Labute approximate surface area is 141 Å². The van der Waals surface area contributed by atoms with Gasteiger partial charge < -0.3 is 15.7 Å². The van der Waals surface area contributed by atoms with E-state index < -0.39 is 29.2 Å². The molecule has 0 bridgehead atoms. The maximum absolute atomic E-state index is 12.9. The standard InChI is InChI=1S/C15H16ClF3N2O3/c16-11-2-1-9(15(17,18)19)7-10(11)14(4-5-14)8-21-13(24)20-6-3-12(22)23/h1-2,7H,3-6,8H2,(H,22,23)(H2,20,21,24). The van der Waals surface area contributed by atoms with E-state index in [-0.39, 0.29) is 24.5 Å². The van der Waals surface area contributed by atoms with Crippen LogP contribution in [0.4, 0.5) is 18.0 Å². The number of urea groups is 1. The van der Waals surface area contributed by atoms with Crippen molar-refractivity contribution in [2.75, 3.05) is 13.1 Å². The maximum Gasteiger partial charge on any atom is 0.416 e. The number of benzene rings is 1. The van der Waals surface area contributed by atoms with E-state index in [1.54, 1.807) is 0 Å². The number of alkyl halides is 3. The molecule has 2 rings (SSSR count). The van der Waals surface area contributed by atoms with Crippen LogP contribution < -0.4 is 10.6 Å². The highest BCUT2D eigenvalue weighted by Gasteiger charge is 2.46. The first kappa shape index (κ1) is 18.4. The van der Waals surface area contributed by atoms with Crippen molar-refractivity contribution < 1.29 is 27.9 Å². The number of carbonyl (C=O) groups excluding carboxylic acids is 1. The predicted octanol–water partition coefficient (Wildman–Crippen LogP) is 3.16. The van der Waals surface area contributed by atoms with Crippen LogP contribution >= 0.6 is 11.6 Å². The van der Waals surface area contributed by atoms with Crippen LogP contribution in [0, 0.1) is 0 Å². The summed E-state index contributed by atoms with van der Waals surface area (Å²) in [4.78, 5) is 22.0.